The van der Waals surface area contributed by atoms with Crippen LogP contribution < -0.4 is 0 Å². The molecule has 1 unspecified atom stereocenters. The third-order valence-corrected chi connectivity index (χ3v) is 4.29. The van der Waals surface area contributed by atoms with Gasteiger partial charge in [-0.3, -0.25) is 0 Å². The number of ether oxygens (including phenoxy) is 1. The van der Waals surface area contributed by atoms with Crippen LogP contribution in [0.15, 0.2) is 0 Å². The summed E-state index contributed by atoms with van der Waals surface area (Å²) in [6, 6.07) is 0. The van der Waals surface area contributed by atoms with Crippen LogP contribution in [-0.2, 0) is 4.74 Å². The minimum atomic E-state index is 0.464. The van der Waals surface area contributed by atoms with Crippen LogP contribution >= 0.6 is 0 Å². The van der Waals surface area contributed by atoms with Crippen molar-refractivity contribution in [3.63, 3.8) is 0 Å². The van der Waals surface area contributed by atoms with E-state index in [2.05, 4.69) is 34.6 Å². The topological polar surface area (TPSA) is 9.23 Å². The van der Waals surface area contributed by atoms with Gasteiger partial charge in [-0.15, -0.1) is 0 Å². The van der Waals surface area contributed by atoms with Crippen LogP contribution in [0, 0.1) is 11.3 Å². The molecule has 1 aliphatic rings. The molecule has 1 heteroatoms. The third-order valence-electron chi connectivity index (χ3n) is 4.29. The molecule has 1 atom stereocenters. The summed E-state index contributed by atoms with van der Waals surface area (Å²) in [5, 5.41) is 0. The maximum Gasteiger partial charge on any atom is 0.0579 e. The minimum absolute atomic E-state index is 0.464. The smallest absolute Gasteiger partial charge is 0.0579 e. The Balaban J connectivity index is 2.23. The second-order valence-corrected chi connectivity index (χ2v) is 6.93. The van der Waals surface area contributed by atoms with Crippen LogP contribution in [0.4, 0.5) is 0 Å². The van der Waals surface area contributed by atoms with Gasteiger partial charge in [0.05, 0.1) is 12.2 Å². The lowest BCUT2D eigenvalue weighted by Gasteiger charge is -2.37. The van der Waals surface area contributed by atoms with Gasteiger partial charge in [-0.05, 0) is 50.4 Å². The molecule has 1 aliphatic carbocycles. The first kappa shape index (κ1) is 15.0. The maximum atomic E-state index is 6.15. The van der Waals surface area contributed by atoms with Gasteiger partial charge in [0.2, 0.25) is 0 Å². The quantitative estimate of drug-likeness (QED) is 0.643. The summed E-state index contributed by atoms with van der Waals surface area (Å²) < 4.78 is 6.15. The summed E-state index contributed by atoms with van der Waals surface area (Å²) in [7, 11) is 0. The molecule has 0 amide bonds. The van der Waals surface area contributed by atoms with Crippen LogP contribution in [0.25, 0.3) is 0 Å². The van der Waals surface area contributed by atoms with Crippen molar-refractivity contribution in [3.05, 3.63) is 0 Å². The molecular formula is C16H32O. The highest BCUT2D eigenvalue weighted by atomic mass is 16.5. The van der Waals surface area contributed by atoms with Crippen LogP contribution in [0.2, 0.25) is 0 Å². The van der Waals surface area contributed by atoms with E-state index in [-0.39, 0.29) is 0 Å². The molecule has 0 aromatic carbocycles. The van der Waals surface area contributed by atoms with Gasteiger partial charge in [0.1, 0.15) is 0 Å². The molecular weight excluding hydrogens is 208 g/mol. The summed E-state index contributed by atoms with van der Waals surface area (Å²) in [6.45, 7) is 11.6. The molecule has 102 valence electrons. The van der Waals surface area contributed by atoms with Crippen molar-refractivity contribution < 1.29 is 4.74 Å². The lowest BCUT2D eigenvalue weighted by molar-refractivity contribution is -0.0403. The van der Waals surface area contributed by atoms with Crippen molar-refractivity contribution in [2.24, 2.45) is 11.3 Å². The van der Waals surface area contributed by atoms with E-state index in [1.165, 1.54) is 44.9 Å². The van der Waals surface area contributed by atoms with Gasteiger partial charge in [0, 0.05) is 0 Å². The molecule has 0 spiro atoms. The molecule has 0 aromatic rings. The molecule has 0 aromatic heterocycles. The van der Waals surface area contributed by atoms with E-state index >= 15 is 0 Å². The summed E-state index contributed by atoms with van der Waals surface area (Å²) in [4.78, 5) is 0. The number of rotatable bonds is 5. The molecule has 1 fully saturated rings. The Morgan fingerprint density at radius 1 is 1.12 bits per heavy atom. The lowest BCUT2D eigenvalue weighted by atomic mass is 9.72. The second-order valence-electron chi connectivity index (χ2n) is 6.93. The number of unbranched alkanes of at least 4 members (excludes halogenated alkanes) is 1. The highest BCUT2D eigenvalue weighted by Gasteiger charge is 2.30. The predicted molar refractivity (Wildman–Crippen MR) is 75.3 cm³/mol. The molecule has 0 radical (unpaired) electrons. The fourth-order valence-corrected chi connectivity index (χ4v) is 2.95. The molecule has 17 heavy (non-hydrogen) atoms. The first-order valence-electron chi connectivity index (χ1n) is 7.59. The van der Waals surface area contributed by atoms with E-state index in [0.29, 0.717) is 17.6 Å². The normalized spacial score (nSPS) is 28.1. The van der Waals surface area contributed by atoms with Gasteiger partial charge in [-0.25, -0.2) is 0 Å². The van der Waals surface area contributed by atoms with E-state index in [1.54, 1.807) is 0 Å². The lowest BCUT2D eigenvalue weighted by Crippen LogP contribution is -2.30. The zero-order chi connectivity index (χ0) is 12.9. The Labute approximate surface area is 108 Å². The average Bonchev–Trinajstić information content (AvgIpc) is 2.26. The van der Waals surface area contributed by atoms with Crippen molar-refractivity contribution >= 4 is 0 Å². The van der Waals surface area contributed by atoms with Crippen LogP contribution in [0.5, 0.6) is 0 Å². The van der Waals surface area contributed by atoms with Crippen LogP contribution in [0.3, 0.4) is 0 Å². The maximum absolute atomic E-state index is 6.15. The fourth-order valence-electron chi connectivity index (χ4n) is 2.95. The summed E-state index contributed by atoms with van der Waals surface area (Å²) in [5.74, 6) is 0.897. The van der Waals surface area contributed by atoms with Crippen molar-refractivity contribution in [1.29, 1.82) is 0 Å². The molecule has 1 saturated carbocycles. The molecule has 0 N–H and O–H groups in total. The second kappa shape index (κ2) is 6.78. The first-order chi connectivity index (χ1) is 7.93. The Morgan fingerprint density at radius 2 is 1.71 bits per heavy atom. The molecule has 0 heterocycles. The monoisotopic (exact) mass is 240 g/mol. The van der Waals surface area contributed by atoms with Crippen molar-refractivity contribution in [1.82, 2.24) is 0 Å². The fraction of sp³-hybridized carbons (Fsp3) is 1.00. The van der Waals surface area contributed by atoms with E-state index in [4.69, 9.17) is 4.74 Å². The molecule has 1 nitrogen and oxygen atoms in total. The first-order valence-corrected chi connectivity index (χ1v) is 7.59. The summed E-state index contributed by atoms with van der Waals surface area (Å²) >= 11 is 0. The Hall–Kier alpha value is -0.0400. The van der Waals surface area contributed by atoms with Crippen LogP contribution in [-0.4, -0.2) is 12.2 Å². The molecule has 0 aliphatic heterocycles. The number of hydrogen-bond donors (Lipinski definition) is 0. The van der Waals surface area contributed by atoms with E-state index in [1.807, 2.05) is 0 Å². The van der Waals surface area contributed by atoms with E-state index < -0.39 is 0 Å². The van der Waals surface area contributed by atoms with Gasteiger partial charge in [0.25, 0.3) is 0 Å². The van der Waals surface area contributed by atoms with Gasteiger partial charge < -0.3 is 4.74 Å². The highest BCUT2D eigenvalue weighted by Crippen LogP contribution is 2.38. The van der Waals surface area contributed by atoms with Gasteiger partial charge in [0.15, 0.2) is 0 Å². The predicted octanol–water partition coefficient (Wildman–Crippen LogP) is 5.19. The molecule has 1 rings (SSSR count). The van der Waals surface area contributed by atoms with Gasteiger partial charge >= 0.3 is 0 Å². The number of hydrogen-bond acceptors (Lipinski definition) is 1. The van der Waals surface area contributed by atoms with Gasteiger partial charge in [-0.2, -0.15) is 0 Å². The molecule has 0 bridgehead atoms. The minimum Gasteiger partial charge on any atom is -0.375 e. The Kier molecular flexibility index (Phi) is 5.99. The highest BCUT2D eigenvalue weighted by molar-refractivity contribution is 4.81. The Morgan fingerprint density at radius 3 is 2.18 bits per heavy atom. The standard InChI is InChI=1S/C16H32O/c1-6-7-8-13(2)17-15-11-9-14(10-12-15)16(3,4)5/h13-15H,6-12H2,1-5H3. The average molecular weight is 240 g/mol. The largest absolute Gasteiger partial charge is 0.375 e. The van der Waals surface area contributed by atoms with E-state index in [0.717, 1.165) is 5.92 Å². The third kappa shape index (κ3) is 5.42. The summed E-state index contributed by atoms with van der Waals surface area (Å²) in [6.07, 6.45) is 10.1. The van der Waals surface area contributed by atoms with Crippen molar-refractivity contribution in [3.8, 4) is 0 Å². The zero-order valence-corrected chi connectivity index (χ0v) is 12.6. The van der Waals surface area contributed by atoms with Crippen LogP contribution in [0.1, 0.15) is 79.6 Å². The van der Waals surface area contributed by atoms with Gasteiger partial charge in [-0.1, -0.05) is 40.5 Å². The van der Waals surface area contributed by atoms with Crippen molar-refractivity contribution in [2.75, 3.05) is 0 Å². The Bertz CT molecular complexity index is 196. The SMILES string of the molecule is CCCCC(C)OC1CCC(C(C)(C)C)CC1. The molecule has 0 saturated heterocycles. The van der Waals surface area contributed by atoms with Crippen molar-refractivity contribution in [2.45, 2.75) is 91.8 Å². The van der Waals surface area contributed by atoms with E-state index in [9.17, 15) is 0 Å². The zero-order valence-electron chi connectivity index (χ0n) is 12.6. The summed E-state index contributed by atoms with van der Waals surface area (Å²) in [5.41, 5.74) is 0.485.